The number of piperazine rings is 1. The lowest BCUT2D eigenvalue weighted by Gasteiger charge is -2.39. The second kappa shape index (κ2) is 12.9. The summed E-state index contributed by atoms with van der Waals surface area (Å²) in [5.74, 6) is 1.33. The molecule has 0 spiro atoms. The van der Waals surface area contributed by atoms with Crippen molar-refractivity contribution in [2.24, 2.45) is 11.3 Å². The number of fused-ring (bicyclic) bond motifs is 2. The number of hydrogen-bond acceptors (Lipinski definition) is 7. The molecule has 2 unspecified atom stereocenters. The van der Waals surface area contributed by atoms with Crippen LogP contribution in [-0.2, 0) is 17.6 Å². The van der Waals surface area contributed by atoms with Gasteiger partial charge in [-0.25, -0.2) is 4.98 Å². The zero-order valence-corrected chi connectivity index (χ0v) is 28.7. The maximum absolute atomic E-state index is 13.6. The number of nitrogens with zero attached hydrogens (tertiary/aromatic N) is 5. The van der Waals surface area contributed by atoms with Crippen molar-refractivity contribution >= 4 is 28.5 Å². The van der Waals surface area contributed by atoms with Crippen LogP contribution in [0, 0.1) is 11.3 Å². The molecule has 1 aromatic carbocycles. The molecule has 4 aromatic rings. The predicted molar refractivity (Wildman–Crippen MR) is 189 cm³/mol. The summed E-state index contributed by atoms with van der Waals surface area (Å²) in [6, 6.07) is 12.2. The van der Waals surface area contributed by atoms with Crippen LogP contribution in [-0.4, -0.2) is 98.9 Å². The summed E-state index contributed by atoms with van der Waals surface area (Å²) in [6.07, 6.45) is 7.72. The van der Waals surface area contributed by atoms with Gasteiger partial charge in [-0.2, -0.15) is 5.10 Å². The molecule has 4 aliphatic rings. The highest BCUT2D eigenvalue weighted by Gasteiger charge is 2.31. The number of piperidine rings is 2. The zero-order chi connectivity index (χ0) is 33.7. The number of aromatic amines is 2. The molecule has 8 rings (SSSR count). The van der Waals surface area contributed by atoms with E-state index in [1.807, 2.05) is 35.4 Å². The number of benzene rings is 1. The topological polar surface area (TPSA) is 133 Å². The van der Waals surface area contributed by atoms with E-state index in [2.05, 4.69) is 56.3 Å². The Balaban J connectivity index is 0.819. The zero-order valence-electron chi connectivity index (χ0n) is 28.7. The van der Waals surface area contributed by atoms with Gasteiger partial charge in [-0.1, -0.05) is 26.0 Å². The third-order valence-electron chi connectivity index (χ3n) is 11.4. The van der Waals surface area contributed by atoms with Crippen LogP contribution in [0.3, 0.4) is 0 Å². The minimum absolute atomic E-state index is 0.102. The maximum atomic E-state index is 13.6. The largest absolute Gasteiger partial charge is 0.374 e. The summed E-state index contributed by atoms with van der Waals surface area (Å²) in [5, 5.41) is 21.4. The molecule has 6 heterocycles. The Bertz CT molecular complexity index is 1830. The van der Waals surface area contributed by atoms with Gasteiger partial charge in [0, 0.05) is 79.7 Å². The number of amides is 2. The first kappa shape index (κ1) is 32.0. The van der Waals surface area contributed by atoms with Crippen LogP contribution in [0.15, 0.2) is 42.6 Å². The molecule has 2 atom stereocenters. The normalized spacial score (nSPS) is 23.4. The molecule has 11 heteroatoms. The molecule has 3 aliphatic heterocycles. The van der Waals surface area contributed by atoms with Crippen molar-refractivity contribution in [3.63, 3.8) is 0 Å². The molecule has 0 bridgehead atoms. The first-order valence-electron chi connectivity index (χ1n) is 18.1. The minimum Gasteiger partial charge on any atom is -0.374 e. The lowest BCUT2D eigenvalue weighted by molar-refractivity contribution is -0.128. The molecule has 258 valence electrons. The van der Waals surface area contributed by atoms with Crippen molar-refractivity contribution < 1.29 is 14.7 Å². The molecule has 2 amide bonds. The van der Waals surface area contributed by atoms with Gasteiger partial charge in [0.1, 0.15) is 17.7 Å². The second-order valence-corrected chi connectivity index (χ2v) is 15.5. The van der Waals surface area contributed by atoms with Gasteiger partial charge < -0.3 is 25.2 Å². The summed E-state index contributed by atoms with van der Waals surface area (Å²) < 4.78 is 0. The summed E-state index contributed by atoms with van der Waals surface area (Å²) >= 11 is 0. The number of aliphatic hydroxyl groups is 1. The van der Waals surface area contributed by atoms with Gasteiger partial charge in [-0.3, -0.25) is 19.6 Å². The number of aromatic nitrogens is 4. The standard InChI is InChI=1S/C38H48N8O3/c1-38(2)12-9-29-32(21-38)42-43-35(29)31-19-25-3-4-26(20-30(25)40-31)37(49)46-17-15-44(16-18-46)23-24-10-13-45(14-11-24)33-7-5-27(22-39-33)28-6-8-34(47)41-36(28)48/h3-5,7,19-20,22,24,28,34,40,47H,6,8-18,21,23H2,1-2H3,(H,41,48)(H,42,43). The van der Waals surface area contributed by atoms with Crippen LogP contribution in [0.25, 0.3) is 22.3 Å². The number of carbonyl (C=O) groups excluding carboxylic acids is 2. The van der Waals surface area contributed by atoms with Crippen molar-refractivity contribution in [2.45, 2.75) is 70.9 Å². The fourth-order valence-corrected chi connectivity index (χ4v) is 8.38. The van der Waals surface area contributed by atoms with Crippen molar-refractivity contribution in [3.05, 3.63) is 65.0 Å². The van der Waals surface area contributed by atoms with Gasteiger partial charge in [0.2, 0.25) is 5.91 Å². The van der Waals surface area contributed by atoms with Crippen LogP contribution < -0.4 is 10.2 Å². The molecule has 0 radical (unpaired) electrons. The Morgan fingerprint density at radius 2 is 1.82 bits per heavy atom. The van der Waals surface area contributed by atoms with Crippen molar-refractivity contribution in [1.82, 2.24) is 35.3 Å². The smallest absolute Gasteiger partial charge is 0.254 e. The minimum atomic E-state index is -0.740. The van der Waals surface area contributed by atoms with Gasteiger partial charge in [0.15, 0.2) is 0 Å². The third kappa shape index (κ3) is 6.58. The van der Waals surface area contributed by atoms with Gasteiger partial charge in [-0.15, -0.1) is 0 Å². The van der Waals surface area contributed by atoms with Gasteiger partial charge in [0.05, 0.1) is 11.6 Å². The van der Waals surface area contributed by atoms with E-state index in [0.717, 1.165) is 117 Å². The number of H-pyrrole nitrogens is 2. The summed E-state index contributed by atoms with van der Waals surface area (Å²) in [7, 11) is 0. The second-order valence-electron chi connectivity index (χ2n) is 15.5. The Morgan fingerprint density at radius 1 is 1.00 bits per heavy atom. The molecule has 0 saturated carbocycles. The monoisotopic (exact) mass is 664 g/mol. The van der Waals surface area contributed by atoms with E-state index < -0.39 is 6.23 Å². The molecule has 4 N–H and O–H groups in total. The summed E-state index contributed by atoms with van der Waals surface area (Å²) in [4.78, 5) is 41.0. The van der Waals surface area contributed by atoms with Crippen LogP contribution >= 0.6 is 0 Å². The number of carbonyl (C=O) groups is 2. The molecule has 11 nitrogen and oxygen atoms in total. The van der Waals surface area contributed by atoms with Crippen molar-refractivity contribution in [3.8, 4) is 11.4 Å². The maximum Gasteiger partial charge on any atom is 0.254 e. The highest BCUT2D eigenvalue weighted by atomic mass is 16.3. The number of pyridine rings is 1. The SMILES string of the molecule is CC1(C)CCc2c(-c3cc4ccc(C(=O)N5CCN(CC6CCN(c7ccc(C8CCC(O)NC8=O)cn7)CC6)CC5)cc4[nH]3)n[nH]c2C1. The van der Waals surface area contributed by atoms with Crippen molar-refractivity contribution in [2.75, 3.05) is 50.7 Å². The van der Waals surface area contributed by atoms with Gasteiger partial charge in [-0.05, 0) is 86.1 Å². The number of rotatable bonds is 6. The third-order valence-corrected chi connectivity index (χ3v) is 11.4. The van der Waals surface area contributed by atoms with E-state index in [1.165, 1.54) is 11.3 Å². The van der Waals surface area contributed by atoms with E-state index >= 15 is 0 Å². The Morgan fingerprint density at radius 3 is 2.57 bits per heavy atom. The van der Waals surface area contributed by atoms with Crippen LogP contribution in [0.4, 0.5) is 5.82 Å². The molecular weight excluding hydrogens is 616 g/mol. The first-order valence-corrected chi connectivity index (χ1v) is 18.1. The highest BCUT2D eigenvalue weighted by Crippen LogP contribution is 2.38. The summed E-state index contributed by atoms with van der Waals surface area (Å²) in [5.41, 5.74) is 7.51. The Kier molecular flexibility index (Phi) is 8.43. The molecule has 3 saturated heterocycles. The van der Waals surface area contributed by atoms with E-state index in [-0.39, 0.29) is 17.7 Å². The lowest BCUT2D eigenvalue weighted by atomic mass is 9.76. The summed E-state index contributed by atoms with van der Waals surface area (Å²) in [6.45, 7) is 10.9. The molecule has 3 aromatic heterocycles. The van der Waals surface area contributed by atoms with E-state index in [0.29, 0.717) is 24.2 Å². The first-order chi connectivity index (χ1) is 23.7. The average molecular weight is 665 g/mol. The molecular formula is C38H48N8O3. The lowest BCUT2D eigenvalue weighted by Crippen LogP contribution is -2.50. The molecule has 49 heavy (non-hydrogen) atoms. The molecule has 3 fully saturated rings. The van der Waals surface area contributed by atoms with E-state index in [1.54, 1.807) is 0 Å². The van der Waals surface area contributed by atoms with Crippen LogP contribution in [0.1, 0.15) is 79.0 Å². The van der Waals surface area contributed by atoms with Gasteiger partial charge >= 0.3 is 0 Å². The number of anilines is 1. The highest BCUT2D eigenvalue weighted by molar-refractivity contribution is 5.99. The molecule has 1 aliphatic carbocycles. The van der Waals surface area contributed by atoms with E-state index in [9.17, 15) is 14.7 Å². The Hall–Kier alpha value is -4.22. The number of aliphatic hydroxyl groups excluding tert-OH is 1. The Labute approximate surface area is 287 Å². The van der Waals surface area contributed by atoms with Crippen LogP contribution in [0.2, 0.25) is 0 Å². The van der Waals surface area contributed by atoms with E-state index in [4.69, 9.17) is 4.98 Å². The number of hydrogen-bond donors (Lipinski definition) is 4. The fourth-order valence-electron chi connectivity index (χ4n) is 8.38. The van der Waals surface area contributed by atoms with Gasteiger partial charge in [0.25, 0.3) is 5.91 Å². The fraction of sp³-hybridized carbons (Fsp3) is 0.526. The quantitative estimate of drug-likeness (QED) is 0.239. The van der Waals surface area contributed by atoms with Crippen molar-refractivity contribution in [1.29, 1.82) is 0 Å². The predicted octanol–water partition coefficient (Wildman–Crippen LogP) is 4.45. The van der Waals surface area contributed by atoms with Crippen LogP contribution in [0.5, 0.6) is 0 Å². The average Bonchev–Trinajstić information content (AvgIpc) is 3.71. The number of nitrogens with one attached hydrogen (secondary N) is 3.